The van der Waals surface area contributed by atoms with Crippen molar-refractivity contribution in [2.75, 3.05) is 6.61 Å². The summed E-state index contributed by atoms with van der Waals surface area (Å²) in [6.07, 6.45) is 1.65. The first kappa shape index (κ1) is 13.3. The number of aryl methyl sites for hydroxylation is 1. The maximum atomic E-state index is 13.6. The minimum Gasteiger partial charge on any atom is -0.462 e. The Labute approximate surface area is 110 Å². The highest BCUT2D eigenvalue weighted by atomic mass is 19.1. The maximum absolute atomic E-state index is 13.6. The van der Waals surface area contributed by atoms with Gasteiger partial charge in [-0.1, -0.05) is 0 Å². The molecule has 1 heterocycles. The van der Waals surface area contributed by atoms with E-state index in [-0.39, 0.29) is 12.2 Å². The van der Waals surface area contributed by atoms with Crippen LogP contribution in [-0.4, -0.2) is 22.4 Å². The van der Waals surface area contributed by atoms with Gasteiger partial charge in [0.05, 0.1) is 17.9 Å². The number of esters is 1. The van der Waals surface area contributed by atoms with E-state index in [2.05, 4.69) is 5.10 Å². The SMILES string of the molecule is CCOC(=O)c1cc(F)cc(-c2ccnn2CC)c1. The van der Waals surface area contributed by atoms with Crippen LogP contribution in [-0.2, 0) is 11.3 Å². The monoisotopic (exact) mass is 262 g/mol. The van der Waals surface area contributed by atoms with Crippen molar-refractivity contribution in [3.05, 3.63) is 41.8 Å². The second-order valence-electron chi connectivity index (χ2n) is 3.98. The van der Waals surface area contributed by atoms with Crippen LogP contribution in [0.3, 0.4) is 0 Å². The fourth-order valence-corrected chi connectivity index (χ4v) is 1.90. The summed E-state index contributed by atoms with van der Waals surface area (Å²) < 4.78 is 20.2. The Hall–Kier alpha value is -2.17. The second-order valence-corrected chi connectivity index (χ2v) is 3.98. The zero-order chi connectivity index (χ0) is 13.8. The molecule has 0 aliphatic heterocycles. The van der Waals surface area contributed by atoms with Crippen molar-refractivity contribution in [3.63, 3.8) is 0 Å². The van der Waals surface area contributed by atoms with Gasteiger partial charge in [-0.2, -0.15) is 5.10 Å². The standard InChI is InChI=1S/C14H15FN2O2/c1-3-17-13(5-6-16-17)10-7-11(9-12(15)8-10)14(18)19-4-2/h5-9H,3-4H2,1-2H3. The first-order valence-electron chi connectivity index (χ1n) is 6.15. The predicted octanol–water partition coefficient (Wildman–Crippen LogP) is 2.89. The summed E-state index contributed by atoms with van der Waals surface area (Å²) in [6, 6.07) is 5.96. The van der Waals surface area contributed by atoms with Crippen LogP contribution in [0.2, 0.25) is 0 Å². The van der Waals surface area contributed by atoms with Gasteiger partial charge in [0.1, 0.15) is 5.82 Å². The molecular formula is C14H15FN2O2. The summed E-state index contributed by atoms with van der Waals surface area (Å²) in [5.74, 6) is -0.991. The molecule has 0 saturated heterocycles. The Balaban J connectivity index is 2.44. The number of rotatable bonds is 4. The summed E-state index contributed by atoms with van der Waals surface area (Å²) in [5, 5.41) is 4.13. The van der Waals surface area contributed by atoms with Crippen molar-refractivity contribution in [1.82, 2.24) is 9.78 Å². The van der Waals surface area contributed by atoms with Crippen LogP contribution < -0.4 is 0 Å². The lowest BCUT2D eigenvalue weighted by Gasteiger charge is -2.07. The minimum absolute atomic E-state index is 0.209. The lowest BCUT2D eigenvalue weighted by Crippen LogP contribution is -2.06. The van der Waals surface area contributed by atoms with Crippen LogP contribution in [0.1, 0.15) is 24.2 Å². The van der Waals surface area contributed by atoms with Gasteiger partial charge in [-0.25, -0.2) is 9.18 Å². The molecule has 4 nitrogen and oxygen atoms in total. The topological polar surface area (TPSA) is 44.1 Å². The van der Waals surface area contributed by atoms with Crippen molar-refractivity contribution in [3.8, 4) is 11.3 Å². The van der Waals surface area contributed by atoms with Crippen molar-refractivity contribution >= 4 is 5.97 Å². The van der Waals surface area contributed by atoms with E-state index >= 15 is 0 Å². The van der Waals surface area contributed by atoms with Crippen molar-refractivity contribution in [1.29, 1.82) is 0 Å². The smallest absolute Gasteiger partial charge is 0.338 e. The first-order valence-corrected chi connectivity index (χ1v) is 6.15. The number of benzene rings is 1. The Kier molecular flexibility index (Phi) is 3.94. The van der Waals surface area contributed by atoms with Crippen LogP contribution in [0.15, 0.2) is 30.5 Å². The molecule has 1 aromatic carbocycles. The molecule has 2 aromatic rings. The Morgan fingerprint density at radius 1 is 1.37 bits per heavy atom. The molecule has 0 atom stereocenters. The van der Waals surface area contributed by atoms with Gasteiger partial charge in [0.25, 0.3) is 0 Å². The molecule has 1 aromatic heterocycles. The van der Waals surface area contributed by atoms with Crippen LogP contribution in [0.25, 0.3) is 11.3 Å². The molecule has 0 spiro atoms. The largest absolute Gasteiger partial charge is 0.462 e. The molecule has 0 unspecified atom stereocenters. The Morgan fingerprint density at radius 2 is 2.16 bits per heavy atom. The van der Waals surface area contributed by atoms with Gasteiger partial charge in [-0.3, -0.25) is 4.68 Å². The van der Waals surface area contributed by atoms with Gasteiger partial charge < -0.3 is 4.74 Å². The molecule has 0 saturated carbocycles. The zero-order valence-corrected chi connectivity index (χ0v) is 10.9. The lowest BCUT2D eigenvalue weighted by molar-refractivity contribution is 0.0526. The highest BCUT2D eigenvalue weighted by Gasteiger charge is 2.12. The summed E-state index contributed by atoms with van der Waals surface area (Å²) in [5.41, 5.74) is 1.59. The summed E-state index contributed by atoms with van der Waals surface area (Å²) in [7, 11) is 0. The van der Waals surface area contributed by atoms with Crippen LogP contribution in [0.5, 0.6) is 0 Å². The predicted molar refractivity (Wildman–Crippen MR) is 69.3 cm³/mol. The van der Waals surface area contributed by atoms with Crippen LogP contribution >= 0.6 is 0 Å². The summed E-state index contributed by atoms with van der Waals surface area (Å²) >= 11 is 0. The van der Waals surface area contributed by atoms with Crippen LogP contribution in [0.4, 0.5) is 4.39 Å². The maximum Gasteiger partial charge on any atom is 0.338 e. The number of hydrogen-bond donors (Lipinski definition) is 0. The fourth-order valence-electron chi connectivity index (χ4n) is 1.90. The number of carbonyl (C=O) groups excluding carboxylic acids is 1. The Morgan fingerprint density at radius 3 is 2.84 bits per heavy atom. The molecule has 0 amide bonds. The van der Waals surface area contributed by atoms with Crippen molar-refractivity contribution in [2.45, 2.75) is 20.4 Å². The van der Waals surface area contributed by atoms with Gasteiger partial charge in [-0.05, 0) is 38.1 Å². The quantitative estimate of drug-likeness (QED) is 0.796. The normalized spacial score (nSPS) is 10.5. The fraction of sp³-hybridized carbons (Fsp3) is 0.286. The third kappa shape index (κ3) is 2.81. The highest BCUT2D eigenvalue weighted by molar-refractivity contribution is 5.90. The van der Waals surface area contributed by atoms with E-state index in [1.807, 2.05) is 6.92 Å². The minimum atomic E-state index is -0.522. The molecule has 0 fully saturated rings. The third-order valence-electron chi connectivity index (χ3n) is 2.72. The van der Waals surface area contributed by atoms with Gasteiger partial charge in [-0.15, -0.1) is 0 Å². The summed E-state index contributed by atoms with van der Waals surface area (Å²) in [4.78, 5) is 11.7. The third-order valence-corrected chi connectivity index (χ3v) is 2.72. The molecule has 2 rings (SSSR count). The molecular weight excluding hydrogens is 247 g/mol. The summed E-state index contributed by atoms with van der Waals surface area (Å²) in [6.45, 7) is 4.59. The van der Waals surface area contributed by atoms with E-state index < -0.39 is 11.8 Å². The van der Waals surface area contributed by atoms with E-state index in [1.54, 1.807) is 29.9 Å². The van der Waals surface area contributed by atoms with E-state index in [1.165, 1.54) is 12.1 Å². The number of carbonyl (C=O) groups is 1. The van der Waals surface area contributed by atoms with E-state index in [0.29, 0.717) is 12.1 Å². The van der Waals surface area contributed by atoms with Gasteiger partial charge >= 0.3 is 5.97 Å². The number of ether oxygens (including phenoxy) is 1. The van der Waals surface area contributed by atoms with Crippen molar-refractivity contribution in [2.24, 2.45) is 0 Å². The number of halogens is 1. The lowest BCUT2D eigenvalue weighted by atomic mass is 10.1. The van der Waals surface area contributed by atoms with Crippen LogP contribution in [0, 0.1) is 5.82 Å². The molecule has 0 aliphatic carbocycles. The number of hydrogen-bond acceptors (Lipinski definition) is 3. The second kappa shape index (κ2) is 5.65. The molecule has 5 heteroatoms. The molecule has 0 aliphatic rings. The van der Waals surface area contributed by atoms with Crippen molar-refractivity contribution < 1.29 is 13.9 Å². The molecule has 0 radical (unpaired) electrons. The van der Waals surface area contributed by atoms with Gasteiger partial charge in [0, 0.05) is 18.3 Å². The molecule has 100 valence electrons. The highest BCUT2D eigenvalue weighted by Crippen LogP contribution is 2.22. The van der Waals surface area contributed by atoms with E-state index in [4.69, 9.17) is 4.74 Å². The first-order chi connectivity index (χ1) is 9.15. The van der Waals surface area contributed by atoms with E-state index in [9.17, 15) is 9.18 Å². The average molecular weight is 262 g/mol. The Bertz CT molecular complexity index is 593. The average Bonchev–Trinajstić information content (AvgIpc) is 2.86. The molecule has 19 heavy (non-hydrogen) atoms. The van der Waals surface area contributed by atoms with Gasteiger partial charge in [0.15, 0.2) is 0 Å². The van der Waals surface area contributed by atoms with Gasteiger partial charge in [0.2, 0.25) is 0 Å². The van der Waals surface area contributed by atoms with E-state index in [0.717, 1.165) is 5.69 Å². The molecule has 0 N–H and O–H groups in total. The number of aromatic nitrogens is 2. The number of nitrogens with zero attached hydrogens (tertiary/aromatic N) is 2. The molecule has 0 bridgehead atoms. The zero-order valence-electron chi connectivity index (χ0n) is 10.9.